The van der Waals surface area contributed by atoms with Crippen molar-refractivity contribution in [1.29, 1.82) is 0 Å². The molecule has 0 saturated carbocycles. The number of rotatable bonds is 5. The van der Waals surface area contributed by atoms with Crippen molar-refractivity contribution in [2.75, 3.05) is 6.54 Å². The summed E-state index contributed by atoms with van der Waals surface area (Å²) in [6.45, 7) is 4.99. The maximum absolute atomic E-state index is 12.1. The van der Waals surface area contributed by atoms with Crippen molar-refractivity contribution in [3.63, 3.8) is 0 Å². The minimum Gasteiger partial charge on any atom is -0.310 e. The topological polar surface area (TPSA) is 12.0 Å². The summed E-state index contributed by atoms with van der Waals surface area (Å²) in [5.74, 6) is -2.35. The molecular weight excluding hydrogens is 216 g/mol. The average molecular weight is 231 g/mol. The van der Waals surface area contributed by atoms with E-state index in [0.29, 0.717) is 16.7 Å². The Hall–Kier alpha value is -0.610. The molecule has 0 aromatic heterocycles. The van der Waals surface area contributed by atoms with E-state index in [9.17, 15) is 8.78 Å². The maximum Gasteiger partial charge on any atom is 0.288 e. The van der Waals surface area contributed by atoms with Crippen molar-refractivity contribution in [3.8, 4) is 0 Å². The maximum atomic E-state index is 12.1. The SMILES string of the molecule is CCNC(C)c1ccc(SC(F)F)cc1. The van der Waals surface area contributed by atoms with Crippen LogP contribution in [0.5, 0.6) is 0 Å². The molecule has 1 nitrogen and oxygen atoms in total. The first-order valence-corrected chi connectivity index (χ1v) is 5.79. The van der Waals surface area contributed by atoms with E-state index in [2.05, 4.69) is 12.2 Å². The van der Waals surface area contributed by atoms with E-state index in [-0.39, 0.29) is 6.04 Å². The summed E-state index contributed by atoms with van der Waals surface area (Å²) < 4.78 is 24.1. The predicted molar refractivity (Wildman–Crippen MR) is 60.4 cm³/mol. The molecule has 0 aliphatic carbocycles. The Kier molecular flexibility index (Phi) is 5.05. The molecule has 0 bridgehead atoms. The highest BCUT2D eigenvalue weighted by atomic mass is 32.2. The third kappa shape index (κ3) is 4.18. The third-order valence-electron chi connectivity index (χ3n) is 2.12. The highest BCUT2D eigenvalue weighted by Crippen LogP contribution is 2.26. The Labute approximate surface area is 93.3 Å². The fourth-order valence-electron chi connectivity index (χ4n) is 1.36. The molecule has 0 spiro atoms. The van der Waals surface area contributed by atoms with Gasteiger partial charge in [-0.25, -0.2) is 0 Å². The molecule has 1 N–H and O–H groups in total. The Balaban J connectivity index is 2.63. The lowest BCUT2D eigenvalue weighted by atomic mass is 10.1. The van der Waals surface area contributed by atoms with Gasteiger partial charge in [0.25, 0.3) is 5.76 Å². The lowest BCUT2D eigenvalue weighted by Crippen LogP contribution is -2.17. The summed E-state index contributed by atoms with van der Waals surface area (Å²) in [5, 5.41) is 3.27. The molecule has 0 fully saturated rings. The molecule has 4 heteroatoms. The number of benzene rings is 1. The zero-order chi connectivity index (χ0) is 11.3. The molecule has 1 rings (SSSR count). The molecule has 15 heavy (non-hydrogen) atoms. The van der Waals surface area contributed by atoms with Crippen molar-refractivity contribution in [1.82, 2.24) is 5.32 Å². The lowest BCUT2D eigenvalue weighted by Gasteiger charge is -2.12. The predicted octanol–water partition coefficient (Wildman–Crippen LogP) is 3.67. The highest BCUT2D eigenvalue weighted by molar-refractivity contribution is 7.99. The van der Waals surface area contributed by atoms with Crippen LogP contribution in [0.1, 0.15) is 25.5 Å². The van der Waals surface area contributed by atoms with Crippen LogP contribution in [0, 0.1) is 0 Å². The van der Waals surface area contributed by atoms with E-state index in [0.717, 1.165) is 12.1 Å². The van der Waals surface area contributed by atoms with Crippen molar-refractivity contribution in [3.05, 3.63) is 29.8 Å². The van der Waals surface area contributed by atoms with Crippen LogP contribution in [0.25, 0.3) is 0 Å². The fourth-order valence-corrected chi connectivity index (χ4v) is 1.86. The van der Waals surface area contributed by atoms with Gasteiger partial charge in [0.15, 0.2) is 0 Å². The van der Waals surface area contributed by atoms with Crippen LogP contribution in [-0.2, 0) is 0 Å². The first kappa shape index (κ1) is 12.5. The zero-order valence-corrected chi connectivity index (χ0v) is 9.65. The Morgan fingerprint density at radius 3 is 2.33 bits per heavy atom. The molecule has 0 aliphatic heterocycles. The van der Waals surface area contributed by atoms with Crippen molar-refractivity contribution >= 4 is 11.8 Å². The number of nitrogens with one attached hydrogen (secondary N) is 1. The first-order valence-electron chi connectivity index (χ1n) is 4.91. The van der Waals surface area contributed by atoms with Gasteiger partial charge in [0.05, 0.1) is 0 Å². The molecule has 1 atom stereocenters. The molecular formula is C11H15F2NS. The second kappa shape index (κ2) is 6.08. The van der Waals surface area contributed by atoms with Gasteiger partial charge in [0.2, 0.25) is 0 Å². The molecule has 1 aromatic rings. The molecule has 0 saturated heterocycles. The first-order chi connectivity index (χ1) is 7.13. The van der Waals surface area contributed by atoms with Crippen molar-refractivity contribution in [2.45, 2.75) is 30.5 Å². The zero-order valence-electron chi connectivity index (χ0n) is 8.84. The van der Waals surface area contributed by atoms with E-state index in [4.69, 9.17) is 0 Å². The van der Waals surface area contributed by atoms with Crippen LogP contribution in [0.4, 0.5) is 8.78 Å². The van der Waals surface area contributed by atoms with Gasteiger partial charge in [0.1, 0.15) is 0 Å². The summed E-state index contributed by atoms with van der Waals surface area (Å²) in [7, 11) is 0. The molecule has 0 amide bonds. The minimum atomic E-state index is -2.35. The van der Waals surface area contributed by atoms with Gasteiger partial charge in [-0.05, 0) is 31.2 Å². The summed E-state index contributed by atoms with van der Waals surface area (Å²) >= 11 is 0.578. The Morgan fingerprint density at radius 2 is 1.87 bits per heavy atom. The summed E-state index contributed by atoms with van der Waals surface area (Å²) in [6.07, 6.45) is 0. The van der Waals surface area contributed by atoms with Gasteiger partial charge in [-0.3, -0.25) is 0 Å². The Morgan fingerprint density at radius 1 is 1.27 bits per heavy atom. The number of hydrogen-bond acceptors (Lipinski definition) is 2. The van der Waals surface area contributed by atoms with Crippen LogP contribution in [0.15, 0.2) is 29.2 Å². The van der Waals surface area contributed by atoms with Crippen LogP contribution in [-0.4, -0.2) is 12.3 Å². The summed E-state index contributed by atoms with van der Waals surface area (Å²) in [5.41, 5.74) is 1.12. The van der Waals surface area contributed by atoms with Crippen LogP contribution in [0.3, 0.4) is 0 Å². The van der Waals surface area contributed by atoms with Gasteiger partial charge in [-0.15, -0.1) is 0 Å². The van der Waals surface area contributed by atoms with E-state index in [1.165, 1.54) is 0 Å². The fraction of sp³-hybridized carbons (Fsp3) is 0.455. The number of halogens is 2. The standard InChI is InChI=1S/C11H15F2NS/c1-3-14-8(2)9-4-6-10(7-5-9)15-11(12)13/h4-8,11,14H,3H2,1-2H3. The van der Waals surface area contributed by atoms with Crippen molar-refractivity contribution in [2.24, 2.45) is 0 Å². The van der Waals surface area contributed by atoms with Gasteiger partial charge in [-0.1, -0.05) is 30.8 Å². The average Bonchev–Trinajstić information content (AvgIpc) is 2.18. The summed E-state index contributed by atoms with van der Waals surface area (Å²) in [6, 6.07) is 7.51. The quantitative estimate of drug-likeness (QED) is 0.776. The highest BCUT2D eigenvalue weighted by Gasteiger charge is 2.06. The molecule has 1 unspecified atom stereocenters. The van der Waals surface area contributed by atoms with E-state index >= 15 is 0 Å². The largest absolute Gasteiger partial charge is 0.310 e. The smallest absolute Gasteiger partial charge is 0.288 e. The minimum absolute atomic E-state index is 0.264. The van der Waals surface area contributed by atoms with Gasteiger partial charge in [-0.2, -0.15) is 8.78 Å². The molecule has 84 valence electrons. The van der Waals surface area contributed by atoms with Gasteiger partial charge < -0.3 is 5.32 Å². The number of alkyl halides is 2. The summed E-state index contributed by atoms with van der Waals surface area (Å²) in [4.78, 5) is 0.609. The molecule has 0 heterocycles. The normalized spacial score (nSPS) is 13.1. The monoisotopic (exact) mass is 231 g/mol. The second-order valence-corrected chi connectivity index (χ2v) is 4.29. The molecule has 0 aliphatic rings. The Bertz CT molecular complexity index is 287. The molecule has 0 radical (unpaired) electrons. The van der Waals surface area contributed by atoms with E-state index in [1.54, 1.807) is 12.1 Å². The van der Waals surface area contributed by atoms with Gasteiger partial charge >= 0.3 is 0 Å². The second-order valence-electron chi connectivity index (χ2n) is 3.23. The van der Waals surface area contributed by atoms with Crippen LogP contribution < -0.4 is 5.32 Å². The number of hydrogen-bond donors (Lipinski definition) is 1. The van der Waals surface area contributed by atoms with Gasteiger partial charge in [0, 0.05) is 10.9 Å². The van der Waals surface area contributed by atoms with E-state index in [1.807, 2.05) is 19.1 Å². The van der Waals surface area contributed by atoms with Crippen LogP contribution >= 0.6 is 11.8 Å². The third-order valence-corrected chi connectivity index (χ3v) is 2.84. The van der Waals surface area contributed by atoms with E-state index < -0.39 is 5.76 Å². The number of thioether (sulfide) groups is 1. The molecule has 1 aromatic carbocycles. The lowest BCUT2D eigenvalue weighted by molar-refractivity contribution is 0.252. The van der Waals surface area contributed by atoms with Crippen LogP contribution in [0.2, 0.25) is 0 Å². The van der Waals surface area contributed by atoms with Crippen molar-refractivity contribution < 1.29 is 8.78 Å².